The van der Waals surface area contributed by atoms with Crippen molar-refractivity contribution in [2.24, 2.45) is 0 Å². The summed E-state index contributed by atoms with van der Waals surface area (Å²) in [5.41, 5.74) is 5.97. The number of fused-ring (bicyclic) bond motifs is 1. The summed E-state index contributed by atoms with van der Waals surface area (Å²) in [5.74, 6) is 1.36. The van der Waals surface area contributed by atoms with E-state index in [1.807, 2.05) is 13.1 Å². The lowest BCUT2D eigenvalue weighted by Crippen LogP contribution is -2.38. The Kier molecular flexibility index (Phi) is 6.01. The summed E-state index contributed by atoms with van der Waals surface area (Å²) in [6.45, 7) is 9.60. The van der Waals surface area contributed by atoms with Crippen LogP contribution < -0.4 is 0 Å². The maximum Gasteiger partial charge on any atom is 0.160 e. The summed E-state index contributed by atoms with van der Waals surface area (Å²) >= 11 is 0. The van der Waals surface area contributed by atoms with Gasteiger partial charge in [0, 0.05) is 49.4 Å². The fraction of sp³-hybridized carbons (Fsp3) is 0.400. The Morgan fingerprint density at radius 1 is 1.09 bits per heavy atom. The number of hydrogen-bond acceptors (Lipinski definition) is 6. The van der Waals surface area contributed by atoms with Gasteiger partial charge in [-0.2, -0.15) is 0 Å². The van der Waals surface area contributed by atoms with Crippen LogP contribution in [-0.2, 0) is 17.7 Å². The molecule has 7 nitrogen and oxygen atoms in total. The minimum absolute atomic E-state index is 0.275. The molecule has 0 amide bonds. The van der Waals surface area contributed by atoms with Crippen LogP contribution in [0.4, 0.5) is 0 Å². The molecular formula is C25H29N5O2. The second-order valence-electron chi connectivity index (χ2n) is 8.55. The van der Waals surface area contributed by atoms with Gasteiger partial charge in [0.25, 0.3) is 0 Å². The van der Waals surface area contributed by atoms with Gasteiger partial charge in [0.15, 0.2) is 5.65 Å². The smallest absolute Gasteiger partial charge is 0.160 e. The lowest BCUT2D eigenvalue weighted by Gasteiger charge is -2.27. The van der Waals surface area contributed by atoms with Crippen LogP contribution >= 0.6 is 0 Å². The molecule has 166 valence electrons. The molecule has 0 radical (unpaired) electrons. The average molecular weight is 432 g/mol. The van der Waals surface area contributed by atoms with E-state index in [1.165, 1.54) is 5.56 Å². The van der Waals surface area contributed by atoms with Crippen LogP contribution in [0.3, 0.4) is 0 Å². The maximum absolute atomic E-state index is 5.51. The van der Waals surface area contributed by atoms with Gasteiger partial charge >= 0.3 is 0 Å². The minimum atomic E-state index is 0.275. The van der Waals surface area contributed by atoms with Crippen LogP contribution in [0.1, 0.15) is 29.9 Å². The van der Waals surface area contributed by atoms with Gasteiger partial charge in [-0.1, -0.05) is 42.4 Å². The number of ether oxygens (including phenoxy) is 1. The Labute approximate surface area is 188 Å². The fourth-order valence-corrected chi connectivity index (χ4v) is 4.47. The quantitative estimate of drug-likeness (QED) is 0.439. The molecule has 3 aromatic heterocycles. The van der Waals surface area contributed by atoms with Crippen LogP contribution in [0.15, 0.2) is 53.4 Å². The minimum Gasteiger partial charge on any atom is -0.379 e. The van der Waals surface area contributed by atoms with Gasteiger partial charge in [-0.05, 0) is 25.0 Å². The number of morpholine rings is 1. The standard InChI is InChI=1S/C25H29N5O2/c1-18(14-20-6-4-3-5-7-20)24-27-23-15-21(22-17-32-28-19(22)2)16-26-25(23)30(24)9-8-29-10-12-31-13-11-29/h3-7,15-18H,8-14H2,1-2H3. The average Bonchev–Trinajstić information content (AvgIpc) is 3.42. The summed E-state index contributed by atoms with van der Waals surface area (Å²) in [6, 6.07) is 12.7. The van der Waals surface area contributed by atoms with E-state index in [0.29, 0.717) is 0 Å². The van der Waals surface area contributed by atoms with Crippen LogP contribution in [0.2, 0.25) is 0 Å². The van der Waals surface area contributed by atoms with E-state index < -0.39 is 0 Å². The van der Waals surface area contributed by atoms with Crippen molar-refractivity contribution in [3.8, 4) is 11.1 Å². The van der Waals surface area contributed by atoms with Gasteiger partial charge in [-0.25, -0.2) is 9.97 Å². The molecular weight excluding hydrogens is 402 g/mol. The molecule has 1 atom stereocenters. The Bertz CT molecular complexity index is 1180. The summed E-state index contributed by atoms with van der Waals surface area (Å²) in [5, 5.41) is 4.01. The van der Waals surface area contributed by atoms with Crippen molar-refractivity contribution in [2.75, 3.05) is 32.8 Å². The van der Waals surface area contributed by atoms with Crippen LogP contribution in [0.25, 0.3) is 22.3 Å². The number of benzene rings is 1. The molecule has 32 heavy (non-hydrogen) atoms. The lowest BCUT2D eigenvalue weighted by atomic mass is 10.0. The molecule has 1 fully saturated rings. The molecule has 7 heteroatoms. The number of aryl methyl sites for hydroxylation is 1. The summed E-state index contributed by atoms with van der Waals surface area (Å²) in [4.78, 5) is 12.4. The van der Waals surface area contributed by atoms with Crippen molar-refractivity contribution in [1.82, 2.24) is 24.6 Å². The predicted molar refractivity (Wildman–Crippen MR) is 124 cm³/mol. The van der Waals surface area contributed by atoms with E-state index in [0.717, 1.165) is 79.6 Å². The second-order valence-corrected chi connectivity index (χ2v) is 8.55. The third-order valence-corrected chi connectivity index (χ3v) is 6.24. The second kappa shape index (κ2) is 9.22. The van der Waals surface area contributed by atoms with Crippen LogP contribution in [0, 0.1) is 6.92 Å². The normalized spacial score (nSPS) is 15.9. The first-order chi connectivity index (χ1) is 15.7. The Morgan fingerprint density at radius 2 is 1.91 bits per heavy atom. The van der Waals surface area contributed by atoms with Crippen LogP contribution in [-0.4, -0.2) is 57.4 Å². The van der Waals surface area contributed by atoms with Gasteiger partial charge in [0.2, 0.25) is 0 Å². The highest BCUT2D eigenvalue weighted by molar-refractivity contribution is 5.79. The van der Waals surface area contributed by atoms with Gasteiger partial charge in [-0.3, -0.25) is 4.90 Å². The third-order valence-electron chi connectivity index (χ3n) is 6.24. The molecule has 5 rings (SSSR count). The van der Waals surface area contributed by atoms with Crippen molar-refractivity contribution in [2.45, 2.75) is 32.7 Å². The zero-order valence-corrected chi connectivity index (χ0v) is 18.7. The van der Waals surface area contributed by atoms with Crippen molar-refractivity contribution in [3.63, 3.8) is 0 Å². The highest BCUT2D eigenvalue weighted by atomic mass is 16.5. The van der Waals surface area contributed by atoms with E-state index >= 15 is 0 Å². The molecule has 1 aromatic carbocycles. The predicted octanol–water partition coefficient (Wildman–Crippen LogP) is 4.07. The van der Waals surface area contributed by atoms with Crippen molar-refractivity contribution in [1.29, 1.82) is 0 Å². The molecule has 1 aliphatic heterocycles. The highest BCUT2D eigenvalue weighted by Crippen LogP contribution is 2.28. The third kappa shape index (κ3) is 4.31. The molecule has 4 heterocycles. The fourth-order valence-electron chi connectivity index (χ4n) is 4.47. The molecule has 4 aromatic rings. The Balaban J connectivity index is 1.49. The zero-order valence-electron chi connectivity index (χ0n) is 18.7. The molecule has 0 aliphatic carbocycles. The number of hydrogen-bond donors (Lipinski definition) is 0. The molecule has 1 unspecified atom stereocenters. The summed E-state index contributed by atoms with van der Waals surface area (Å²) in [6.07, 6.45) is 4.52. The number of imidazole rings is 1. The number of aromatic nitrogens is 4. The molecule has 0 N–H and O–H groups in total. The SMILES string of the molecule is Cc1nocc1-c1cnc2c(c1)nc(C(C)Cc1ccccc1)n2CCN1CCOCC1. The summed E-state index contributed by atoms with van der Waals surface area (Å²) in [7, 11) is 0. The van der Waals surface area contributed by atoms with Crippen molar-refractivity contribution in [3.05, 3.63) is 65.9 Å². The van der Waals surface area contributed by atoms with Gasteiger partial charge < -0.3 is 13.8 Å². The van der Waals surface area contributed by atoms with E-state index in [-0.39, 0.29) is 5.92 Å². The maximum atomic E-state index is 5.51. The molecule has 1 saturated heterocycles. The first-order valence-electron chi connectivity index (χ1n) is 11.3. The van der Waals surface area contributed by atoms with E-state index in [4.69, 9.17) is 19.2 Å². The highest BCUT2D eigenvalue weighted by Gasteiger charge is 2.20. The van der Waals surface area contributed by atoms with E-state index in [1.54, 1.807) is 6.26 Å². The molecule has 0 spiro atoms. The number of nitrogens with zero attached hydrogens (tertiary/aromatic N) is 5. The molecule has 1 aliphatic rings. The largest absolute Gasteiger partial charge is 0.379 e. The number of pyridine rings is 1. The van der Waals surface area contributed by atoms with Crippen molar-refractivity contribution < 1.29 is 9.26 Å². The topological polar surface area (TPSA) is 69.2 Å². The van der Waals surface area contributed by atoms with E-state index in [9.17, 15) is 0 Å². The number of rotatable bonds is 7. The van der Waals surface area contributed by atoms with E-state index in [2.05, 4.69) is 57.9 Å². The molecule has 0 saturated carbocycles. The first kappa shape index (κ1) is 20.8. The van der Waals surface area contributed by atoms with Crippen molar-refractivity contribution >= 4 is 11.2 Å². The first-order valence-corrected chi connectivity index (χ1v) is 11.3. The zero-order chi connectivity index (χ0) is 21.9. The van der Waals surface area contributed by atoms with Gasteiger partial charge in [-0.15, -0.1) is 0 Å². The lowest BCUT2D eigenvalue weighted by molar-refractivity contribution is 0.0364. The summed E-state index contributed by atoms with van der Waals surface area (Å²) < 4.78 is 12.9. The Morgan fingerprint density at radius 3 is 2.66 bits per heavy atom. The van der Waals surface area contributed by atoms with Crippen LogP contribution in [0.5, 0.6) is 0 Å². The monoisotopic (exact) mass is 431 g/mol. The van der Waals surface area contributed by atoms with Gasteiger partial charge in [0.05, 0.1) is 18.9 Å². The molecule has 0 bridgehead atoms. The Hall–Kier alpha value is -3.03. The van der Waals surface area contributed by atoms with Gasteiger partial charge in [0.1, 0.15) is 17.6 Å².